The number of halogens is 1. The molecule has 3 rings (SSSR count). The van der Waals surface area contributed by atoms with Crippen LogP contribution in [0, 0.1) is 6.92 Å². The van der Waals surface area contributed by atoms with E-state index in [-0.39, 0.29) is 11.7 Å². The summed E-state index contributed by atoms with van der Waals surface area (Å²) in [5.74, 6) is 0. The second kappa shape index (κ2) is 5.32. The largest absolute Gasteiger partial charge is 0.368 e. The average Bonchev–Trinajstić information content (AvgIpc) is 2.84. The van der Waals surface area contributed by atoms with Crippen molar-refractivity contribution in [2.24, 2.45) is 0 Å². The number of fused-ring (bicyclic) bond motifs is 3. The van der Waals surface area contributed by atoms with Gasteiger partial charge < -0.3 is 4.74 Å². The molecule has 2 aromatic heterocycles. The lowest BCUT2D eigenvalue weighted by Crippen LogP contribution is -2.22. The highest BCUT2D eigenvalue weighted by Gasteiger charge is 2.22. The van der Waals surface area contributed by atoms with Crippen LogP contribution in [0.5, 0.6) is 0 Å². The number of ether oxygens (including phenoxy) is 1. The quantitative estimate of drug-likeness (QED) is 0.656. The van der Waals surface area contributed by atoms with Crippen LogP contribution in [0.4, 0.5) is 0 Å². The first-order chi connectivity index (χ1) is 10.3. The minimum absolute atomic E-state index is 0.00483. The van der Waals surface area contributed by atoms with Crippen molar-refractivity contribution in [3.63, 3.8) is 0 Å². The molecule has 0 N–H and O–H groups in total. The molecule has 5 heteroatoms. The smallest absolute Gasteiger partial charge is 0.0872 e. The third kappa shape index (κ3) is 2.63. The molecule has 22 heavy (non-hydrogen) atoms. The van der Waals surface area contributed by atoms with Crippen molar-refractivity contribution in [2.45, 2.75) is 46.3 Å². The number of rotatable bonds is 2. The van der Waals surface area contributed by atoms with Crippen molar-refractivity contribution in [1.29, 1.82) is 0 Å². The standard InChI is InChI=1S/C17H20BrN3O/c1-10-8-14-13(7-6-12-9-19-20-21(12)14)16(18)15(10)11(2)22-17(3,4)5/h6-9,11H,1-5H3/t11-/m1/s1. The fourth-order valence-corrected chi connectivity index (χ4v) is 3.90. The molecule has 0 radical (unpaired) electrons. The Kier molecular flexibility index (Phi) is 3.73. The normalized spacial score (nSPS) is 13.9. The maximum atomic E-state index is 6.14. The molecule has 4 nitrogen and oxygen atoms in total. The first-order valence-corrected chi connectivity index (χ1v) is 8.17. The van der Waals surface area contributed by atoms with E-state index in [1.165, 1.54) is 11.1 Å². The van der Waals surface area contributed by atoms with Crippen molar-refractivity contribution in [2.75, 3.05) is 0 Å². The highest BCUT2D eigenvalue weighted by atomic mass is 79.9. The van der Waals surface area contributed by atoms with Gasteiger partial charge in [-0.15, -0.1) is 5.10 Å². The van der Waals surface area contributed by atoms with Crippen LogP contribution in [-0.2, 0) is 4.74 Å². The Morgan fingerprint density at radius 3 is 2.68 bits per heavy atom. The van der Waals surface area contributed by atoms with Crippen molar-refractivity contribution in [1.82, 2.24) is 14.8 Å². The molecule has 0 spiro atoms. The number of pyridine rings is 1. The van der Waals surface area contributed by atoms with E-state index in [0.717, 1.165) is 20.9 Å². The van der Waals surface area contributed by atoms with Crippen LogP contribution < -0.4 is 0 Å². The first kappa shape index (κ1) is 15.4. The minimum Gasteiger partial charge on any atom is -0.368 e. The van der Waals surface area contributed by atoms with Gasteiger partial charge in [0.05, 0.1) is 28.9 Å². The molecule has 0 saturated carbocycles. The van der Waals surface area contributed by atoms with Gasteiger partial charge in [-0.25, -0.2) is 4.52 Å². The Bertz CT molecular complexity index is 848. The van der Waals surface area contributed by atoms with Crippen LogP contribution in [0.3, 0.4) is 0 Å². The summed E-state index contributed by atoms with van der Waals surface area (Å²) in [6.45, 7) is 10.4. The molecule has 0 aliphatic rings. The summed E-state index contributed by atoms with van der Waals surface area (Å²) >= 11 is 3.77. The molecule has 1 aromatic carbocycles. The summed E-state index contributed by atoms with van der Waals surface area (Å²) in [5.41, 5.74) is 4.22. The third-order valence-electron chi connectivity index (χ3n) is 3.69. The molecule has 0 amide bonds. The molecular weight excluding hydrogens is 342 g/mol. The zero-order valence-corrected chi connectivity index (χ0v) is 15.1. The lowest BCUT2D eigenvalue weighted by atomic mass is 10.00. The number of hydrogen-bond acceptors (Lipinski definition) is 3. The predicted molar refractivity (Wildman–Crippen MR) is 92.2 cm³/mol. The second-order valence-electron chi connectivity index (χ2n) is 6.63. The van der Waals surface area contributed by atoms with Gasteiger partial charge in [0.2, 0.25) is 0 Å². The molecule has 3 aromatic rings. The molecule has 2 heterocycles. The lowest BCUT2D eigenvalue weighted by Gasteiger charge is -2.27. The summed E-state index contributed by atoms with van der Waals surface area (Å²) in [4.78, 5) is 0. The molecule has 0 aliphatic heterocycles. The molecule has 0 aliphatic carbocycles. The summed E-state index contributed by atoms with van der Waals surface area (Å²) in [6.07, 6.45) is 1.77. The fourth-order valence-electron chi connectivity index (χ4n) is 2.93. The Hall–Kier alpha value is -1.46. The number of hydrogen-bond donors (Lipinski definition) is 0. The second-order valence-corrected chi connectivity index (χ2v) is 7.42. The van der Waals surface area contributed by atoms with E-state index in [4.69, 9.17) is 4.74 Å². The van der Waals surface area contributed by atoms with E-state index in [9.17, 15) is 0 Å². The van der Waals surface area contributed by atoms with Gasteiger partial charge >= 0.3 is 0 Å². The van der Waals surface area contributed by atoms with Crippen LogP contribution in [0.1, 0.15) is 44.9 Å². The molecule has 1 atom stereocenters. The van der Waals surface area contributed by atoms with Crippen LogP contribution in [0.2, 0.25) is 0 Å². The SMILES string of the molecule is Cc1cc2c(ccc3cnnn32)c(Br)c1[C@@H](C)OC(C)(C)C. The summed E-state index contributed by atoms with van der Waals surface area (Å²) in [5, 5.41) is 9.28. The van der Waals surface area contributed by atoms with Gasteiger partial charge in [-0.3, -0.25) is 0 Å². The summed E-state index contributed by atoms with van der Waals surface area (Å²) in [6, 6.07) is 6.28. The van der Waals surface area contributed by atoms with Gasteiger partial charge in [0.1, 0.15) is 0 Å². The predicted octanol–water partition coefficient (Wildman–Crippen LogP) is 4.83. The van der Waals surface area contributed by atoms with Crippen LogP contribution in [0.25, 0.3) is 16.4 Å². The van der Waals surface area contributed by atoms with E-state index in [1.807, 2.05) is 10.6 Å². The van der Waals surface area contributed by atoms with E-state index >= 15 is 0 Å². The minimum atomic E-state index is -0.184. The van der Waals surface area contributed by atoms with Gasteiger partial charge in [-0.05, 0) is 79.9 Å². The molecule has 0 bridgehead atoms. The zero-order valence-electron chi connectivity index (χ0n) is 13.5. The van der Waals surface area contributed by atoms with E-state index in [1.54, 1.807) is 6.20 Å². The van der Waals surface area contributed by atoms with Gasteiger partial charge in [0.15, 0.2) is 0 Å². The number of nitrogens with zero attached hydrogens (tertiary/aromatic N) is 3. The summed E-state index contributed by atoms with van der Waals surface area (Å²) in [7, 11) is 0. The topological polar surface area (TPSA) is 39.4 Å². The van der Waals surface area contributed by atoms with Crippen molar-refractivity contribution in [3.8, 4) is 0 Å². The van der Waals surface area contributed by atoms with Crippen LogP contribution in [-0.4, -0.2) is 20.4 Å². The fraction of sp³-hybridized carbons (Fsp3) is 0.412. The Labute approximate surface area is 138 Å². The third-order valence-corrected chi connectivity index (χ3v) is 4.54. The van der Waals surface area contributed by atoms with Gasteiger partial charge in [0.25, 0.3) is 0 Å². The maximum Gasteiger partial charge on any atom is 0.0872 e. The van der Waals surface area contributed by atoms with Crippen LogP contribution in [0.15, 0.2) is 28.9 Å². The number of aryl methyl sites for hydroxylation is 1. The molecule has 116 valence electrons. The van der Waals surface area contributed by atoms with Crippen molar-refractivity contribution >= 4 is 32.3 Å². The molecular formula is C17H20BrN3O. The van der Waals surface area contributed by atoms with E-state index in [0.29, 0.717) is 0 Å². The highest BCUT2D eigenvalue weighted by molar-refractivity contribution is 9.10. The summed E-state index contributed by atoms with van der Waals surface area (Å²) < 4.78 is 9.08. The van der Waals surface area contributed by atoms with Crippen LogP contribution >= 0.6 is 15.9 Å². The average molecular weight is 362 g/mol. The lowest BCUT2D eigenvalue weighted by molar-refractivity contribution is -0.0534. The Morgan fingerprint density at radius 2 is 2.00 bits per heavy atom. The Morgan fingerprint density at radius 1 is 1.27 bits per heavy atom. The van der Waals surface area contributed by atoms with Crippen molar-refractivity contribution in [3.05, 3.63) is 40.0 Å². The number of benzene rings is 1. The monoisotopic (exact) mass is 361 g/mol. The van der Waals surface area contributed by atoms with Gasteiger partial charge in [-0.1, -0.05) is 5.21 Å². The van der Waals surface area contributed by atoms with Gasteiger partial charge in [-0.2, -0.15) is 0 Å². The van der Waals surface area contributed by atoms with E-state index in [2.05, 4.69) is 73.0 Å². The first-order valence-electron chi connectivity index (χ1n) is 7.38. The molecule has 0 unspecified atom stereocenters. The number of aromatic nitrogens is 3. The van der Waals surface area contributed by atoms with Crippen molar-refractivity contribution < 1.29 is 4.74 Å². The van der Waals surface area contributed by atoms with Gasteiger partial charge in [0, 0.05) is 9.86 Å². The Balaban J connectivity index is 2.22. The van der Waals surface area contributed by atoms with E-state index < -0.39 is 0 Å². The molecule has 0 saturated heterocycles. The maximum absolute atomic E-state index is 6.14. The highest BCUT2D eigenvalue weighted by Crippen LogP contribution is 2.37. The zero-order chi connectivity index (χ0) is 16.1. The molecule has 0 fully saturated rings.